The number of unbranched alkanes of at least 4 members (excludes halogenated alkanes) is 1. The first-order chi connectivity index (χ1) is 10.8. The summed E-state index contributed by atoms with van der Waals surface area (Å²) in [6, 6.07) is 0. The second kappa shape index (κ2) is 6.81. The fraction of sp³-hybridized carbons (Fsp3) is 0.636. The van der Waals surface area contributed by atoms with E-state index < -0.39 is 0 Å². The van der Waals surface area contributed by atoms with Crippen LogP contribution >= 0.6 is 0 Å². The van der Waals surface area contributed by atoms with E-state index in [-0.39, 0.29) is 16.4 Å². The maximum atomic E-state index is 6.73. The van der Waals surface area contributed by atoms with Gasteiger partial charge in [0.15, 0.2) is 0 Å². The van der Waals surface area contributed by atoms with Crippen molar-refractivity contribution in [3.63, 3.8) is 0 Å². The third kappa shape index (κ3) is 3.40. The molecule has 0 aromatic rings. The molecular weight excluding hydrogens is 280 g/mol. The van der Waals surface area contributed by atoms with Crippen LogP contribution in [0.25, 0.3) is 0 Å². The number of hydrogen-bond acceptors (Lipinski definition) is 1. The fourth-order valence-electron chi connectivity index (χ4n) is 3.95. The Balaban J connectivity index is 2.50. The van der Waals surface area contributed by atoms with Crippen molar-refractivity contribution in [2.75, 3.05) is 6.61 Å². The van der Waals surface area contributed by atoms with Gasteiger partial charge in [-0.15, -0.1) is 0 Å². The predicted octanol–water partition coefficient (Wildman–Crippen LogP) is 6.39. The van der Waals surface area contributed by atoms with Gasteiger partial charge in [0.25, 0.3) is 0 Å². The van der Waals surface area contributed by atoms with Crippen LogP contribution in [0.4, 0.5) is 0 Å². The van der Waals surface area contributed by atoms with Crippen LogP contribution in [-0.4, -0.2) is 12.2 Å². The minimum absolute atomic E-state index is 0.0440. The van der Waals surface area contributed by atoms with Crippen LogP contribution in [0.3, 0.4) is 0 Å². The average molecular weight is 315 g/mol. The number of hydrogen-bond donors (Lipinski definition) is 0. The summed E-state index contributed by atoms with van der Waals surface area (Å²) < 4.78 is 6.73. The van der Waals surface area contributed by atoms with E-state index in [0.29, 0.717) is 0 Å². The maximum Gasteiger partial charge on any atom is 0.102 e. The quantitative estimate of drug-likeness (QED) is 0.516. The fourth-order valence-corrected chi connectivity index (χ4v) is 3.95. The molecule has 0 N–H and O–H groups in total. The van der Waals surface area contributed by atoms with E-state index in [1.54, 1.807) is 0 Å². The van der Waals surface area contributed by atoms with Crippen molar-refractivity contribution < 1.29 is 4.74 Å². The highest BCUT2D eigenvalue weighted by atomic mass is 16.5. The molecule has 0 aromatic heterocycles. The Bertz CT molecular complexity index is 537. The maximum absolute atomic E-state index is 6.73. The lowest BCUT2D eigenvalue weighted by Crippen LogP contribution is -2.52. The summed E-state index contributed by atoms with van der Waals surface area (Å²) in [5, 5.41) is 0. The Labute approximate surface area is 143 Å². The van der Waals surface area contributed by atoms with E-state index in [4.69, 9.17) is 4.74 Å². The minimum atomic E-state index is -0.254. The second-order valence-corrected chi connectivity index (χ2v) is 8.41. The molecule has 0 spiro atoms. The van der Waals surface area contributed by atoms with Crippen molar-refractivity contribution in [1.82, 2.24) is 0 Å². The zero-order valence-corrected chi connectivity index (χ0v) is 15.9. The van der Waals surface area contributed by atoms with Crippen LogP contribution in [0.5, 0.6) is 0 Å². The van der Waals surface area contributed by atoms with Gasteiger partial charge in [-0.25, -0.2) is 0 Å². The third-order valence-electron chi connectivity index (χ3n) is 5.40. The summed E-state index contributed by atoms with van der Waals surface area (Å²) in [6.07, 6.45) is 18.0. The normalized spacial score (nSPS) is 24.8. The minimum Gasteiger partial charge on any atom is -0.369 e. The topological polar surface area (TPSA) is 9.23 Å². The zero-order valence-electron chi connectivity index (χ0n) is 15.9. The van der Waals surface area contributed by atoms with Crippen molar-refractivity contribution in [2.45, 2.75) is 72.8 Å². The highest BCUT2D eigenvalue weighted by Crippen LogP contribution is 2.54. The van der Waals surface area contributed by atoms with E-state index >= 15 is 0 Å². The molecule has 0 heterocycles. The Morgan fingerprint density at radius 3 is 2.43 bits per heavy atom. The SMILES string of the molecule is CCCCOC1(C(C)(C)C2=CCC=C2)CC=CC=C1C(C)(C)C. The molecule has 23 heavy (non-hydrogen) atoms. The highest BCUT2D eigenvalue weighted by molar-refractivity contribution is 5.43. The van der Waals surface area contributed by atoms with Crippen LogP contribution in [0, 0.1) is 10.8 Å². The van der Waals surface area contributed by atoms with Crippen molar-refractivity contribution in [2.24, 2.45) is 10.8 Å². The number of ether oxygens (including phenoxy) is 1. The van der Waals surface area contributed by atoms with Gasteiger partial charge in [0.05, 0.1) is 0 Å². The average Bonchev–Trinajstić information content (AvgIpc) is 3.01. The molecule has 2 aliphatic rings. The zero-order chi connectivity index (χ0) is 17.1. The Kier molecular flexibility index (Phi) is 5.41. The predicted molar refractivity (Wildman–Crippen MR) is 101 cm³/mol. The van der Waals surface area contributed by atoms with Gasteiger partial charge in [-0.3, -0.25) is 0 Å². The Hall–Kier alpha value is -1.08. The molecule has 0 bridgehead atoms. The Morgan fingerprint density at radius 2 is 1.87 bits per heavy atom. The molecule has 0 saturated heterocycles. The van der Waals surface area contributed by atoms with Crippen LogP contribution in [0.2, 0.25) is 0 Å². The summed E-state index contributed by atoms with van der Waals surface area (Å²) >= 11 is 0. The molecule has 1 unspecified atom stereocenters. The van der Waals surface area contributed by atoms with E-state index in [1.165, 1.54) is 17.6 Å². The van der Waals surface area contributed by atoms with E-state index in [1.807, 2.05) is 0 Å². The van der Waals surface area contributed by atoms with E-state index in [0.717, 1.165) is 25.9 Å². The molecule has 2 rings (SSSR count). The molecule has 2 aliphatic carbocycles. The van der Waals surface area contributed by atoms with Gasteiger partial charge in [0, 0.05) is 12.0 Å². The lowest BCUT2D eigenvalue weighted by atomic mass is 9.58. The first-order valence-corrected chi connectivity index (χ1v) is 9.14. The molecule has 0 aliphatic heterocycles. The lowest BCUT2D eigenvalue weighted by Gasteiger charge is -2.52. The molecule has 0 amide bonds. The monoisotopic (exact) mass is 314 g/mol. The molecule has 1 nitrogen and oxygen atoms in total. The summed E-state index contributed by atoms with van der Waals surface area (Å²) in [5.74, 6) is 0. The summed E-state index contributed by atoms with van der Waals surface area (Å²) in [5.41, 5.74) is 2.64. The summed E-state index contributed by atoms with van der Waals surface area (Å²) in [7, 11) is 0. The second-order valence-electron chi connectivity index (χ2n) is 8.41. The molecule has 1 atom stereocenters. The van der Waals surface area contributed by atoms with Crippen LogP contribution in [0.15, 0.2) is 47.6 Å². The van der Waals surface area contributed by atoms with Gasteiger partial charge in [0.2, 0.25) is 0 Å². The third-order valence-corrected chi connectivity index (χ3v) is 5.40. The molecule has 128 valence electrons. The molecule has 0 fully saturated rings. The van der Waals surface area contributed by atoms with Crippen LogP contribution < -0.4 is 0 Å². The van der Waals surface area contributed by atoms with Gasteiger partial charge in [-0.1, -0.05) is 84.4 Å². The first kappa shape index (κ1) is 18.3. The number of allylic oxidation sites excluding steroid dienone is 5. The van der Waals surface area contributed by atoms with Gasteiger partial charge in [0.1, 0.15) is 5.60 Å². The van der Waals surface area contributed by atoms with Gasteiger partial charge < -0.3 is 4.74 Å². The Morgan fingerprint density at radius 1 is 1.13 bits per heavy atom. The molecule has 1 heteroatoms. The smallest absolute Gasteiger partial charge is 0.102 e. The lowest BCUT2D eigenvalue weighted by molar-refractivity contribution is -0.0905. The highest BCUT2D eigenvalue weighted by Gasteiger charge is 2.52. The van der Waals surface area contributed by atoms with Gasteiger partial charge in [-0.05, 0) is 35.8 Å². The standard InChI is InChI=1S/C22H34O/c1-7-8-17-23-22(21(5,6)18-13-9-10-14-18)16-12-11-15-19(22)20(2,3)4/h9,11-15H,7-8,10,16-17H2,1-6H3. The molecule has 0 saturated carbocycles. The molecular formula is C22H34O. The van der Waals surface area contributed by atoms with Crippen molar-refractivity contribution in [3.8, 4) is 0 Å². The summed E-state index contributed by atoms with van der Waals surface area (Å²) in [4.78, 5) is 0. The van der Waals surface area contributed by atoms with Crippen molar-refractivity contribution in [1.29, 1.82) is 0 Å². The van der Waals surface area contributed by atoms with E-state index in [9.17, 15) is 0 Å². The van der Waals surface area contributed by atoms with Gasteiger partial charge >= 0.3 is 0 Å². The summed E-state index contributed by atoms with van der Waals surface area (Å²) in [6.45, 7) is 14.7. The van der Waals surface area contributed by atoms with Crippen molar-refractivity contribution >= 4 is 0 Å². The van der Waals surface area contributed by atoms with Crippen molar-refractivity contribution in [3.05, 3.63) is 47.6 Å². The molecule has 0 aromatic carbocycles. The molecule has 0 radical (unpaired) electrons. The van der Waals surface area contributed by atoms with Crippen LogP contribution in [0.1, 0.15) is 67.2 Å². The first-order valence-electron chi connectivity index (χ1n) is 9.14. The number of rotatable bonds is 6. The largest absolute Gasteiger partial charge is 0.369 e. The van der Waals surface area contributed by atoms with Gasteiger partial charge in [-0.2, -0.15) is 0 Å². The van der Waals surface area contributed by atoms with E-state index in [2.05, 4.69) is 78.0 Å². The van der Waals surface area contributed by atoms with Crippen LogP contribution in [-0.2, 0) is 4.74 Å².